The quantitative estimate of drug-likeness (QED) is 0.673. The predicted octanol–water partition coefficient (Wildman–Crippen LogP) is 2.69. The summed E-state index contributed by atoms with van der Waals surface area (Å²) in [4.78, 5) is 16.1. The van der Waals surface area contributed by atoms with E-state index in [1.54, 1.807) is 36.5 Å². The van der Waals surface area contributed by atoms with Crippen molar-refractivity contribution in [3.05, 3.63) is 46.7 Å². The molecule has 19 heavy (non-hydrogen) atoms. The van der Waals surface area contributed by atoms with Crippen LogP contribution in [0.5, 0.6) is 5.75 Å². The van der Waals surface area contributed by atoms with Crippen molar-refractivity contribution in [1.29, 1.82) is 0 Å². The van der Waals surface area contributed by atoms with Gasteiger partial charge in [-0.15, -0.1) is 0 Å². The Morgan fingerprint density at radius 1 is 1.42 bits per heavy atom. The number of aromatic nitrogens is 1. The number of carbonyl (C=O) groups is 1. The molecule has 0 aliphatic carbocycles. The Morgan fingerprint density at radius 3 is 2.84 bits per heavy atom. The minimum Gasteiger partial charge on any atom is -0.495 e. The van der Waals surface area contributed by atoms with Gasteiger partial charge < -0.3 is 15.8 Å². The molecule has 1 aromatic carbocycles. The normalized spacial score (nSPS) is 10.0. The smallest absolute Gasteiger partial charge is 0.255 e. The van der Waals surface area contributed by atoms with Gasteiger partial charge in [0.25, 0.3) is 5.91 Å². The summed E-state index contributed by atoms with van der Waals surface area (Å²) in [5, 5.41) is 2.75. The number of hydrogen-bond donors (Lipinski definition) is 2. The van der Waals surface area contributed by atoms with Crippen molar-refractivity contribution in [3.8, 4) is 5.75 Å². The van der Waals surface area contributed by atoms with E-state index in [1.807, 2.05) is 0 Å². The molecule has 0 atom stereocenters. The van der Waals surface area contributed by atoms with E-state index in [-0.39, 0.29) is 5.91 Å². The lowest BCUT2D eigenvalue weighted by atomic mass is 10.1. The van der Waals surface area contributed by atoms with E-state index >= 15 is 0 Å². The van der Waals surface area contributed by atoms with E-state index in [0.717, 1.165) is 0 Å². The maximum Gasteiger partial charge on any atom is 0.255 e. The molecule has 2 aromatic rings. The maximum atomic E-state index is 12.1. The van der Waals surface area contributed by atoms with Crippen LogP contribution in [0.4, 0.5) is 11.4 Å². The van der Waals surface area contributed by atoms with E-state index in [0.29, 0.717) is 27.3 Å². The zero-order valence-electron chi connectivity index (χ0n) is 10.2. The molecule has 0 aliphatic heterocycles. The number of hydrogen-bond acceptors (Lipinski definition) is 4. The number of ether oxygens (including phenoxy) is 1. The Kier molecular flexibility index (Phi) is 4.01. The molecule has 2 rings (SSSR count). The van der Waals surface area contributed by atoms with Gasteiger partial charge in [0, 0.05) is 11.8 Å². The van der Waals surface area contributed by atoms with Gasteiger partial charge in [-0.3, -0.25) is 4.79 Å². The molecular weight excluding hydrogens is 310 g/mol. The summed E-state index contributed by atoms with van der Waals surface area (Å²) < 4.78 is 5.62. The zero-order valence-corrected chi connectivity index (χ0v) is 11.8. The Balaban J connectivity index is 2.21. The fourth-order valence-electron chi connectivity index (χ4n) is 1.55. The van der Waals surface area contributed by atoms with Crippen molar-refractivity contribution in [3.63, 3.8) is 0 Å². The summed E-state index contributed by atoms with van der Waals surface area (Å²) in [7, 11) is 1.53. The number of amides is 1. The van der Waals surface area contributed by atoms with E-state index in [2.05, 4.69) is 26.2 Å². The Bertz CT molecular complexity index is 617. The van der Waals surface area contributed by atoms with Crippen LogP contribution in [-0.2, 0) is 0 Å². The van der Waals surface area contributed by atoms with Gasteiger partial charge in [0.05, 0.1) is 18.5 Å². The first-order valence-corrected chi connectivity index (χ1v) is 6.26. The van der Waals surface area contributed by atoms with Gasteiger partial charge in [-0.25, -0.2) is 4.98 Å². The number of nitrogen functional groups attached to an aromatic ring is 1. The Hall–Kier alpha value is -2.08. The highest BCUT2D eigenvalue weighted by molar-refractivity contribution is 9.10. The Morgan fingerprint density at radius 2 is 2.21 bits per heavy atom. The molecule has 1 heterocycles. The number of nitrogens with two attached hydrogens (primary N) is 1. The molecule has 0 radical (unpaired) electrons. The lowest BCUT2D eigenvalue weighted by Gasteiger charge is -2.09. The molecule has 0 aliphatic rings. The molecule has 0 spiro atoms. The molecule has 0 unspecified atom stereocenters. The third kappa shape index (κ3) is 3.03. The minimum atomic E-state index is -0.261. The fourth-order valence-corrected chi connectivity index (χ4v) is 1.90. The maximum absolute atomic E-state index is 12.1. The summed E-state index contributed by atoms with van der Waals surface area (Å²) >= 11 is 3.26. The highest BCUT2D eigenvalue weighted by Gasteiger charge is 2.10. The molecule has 6 heteroatoms. The van der Waals surface area contributed by atoms with E-state index < -0.39 is 0 Å². The number of nitrogens with zero attached hydrogens (tertiary/aromatic N) is 1. The second-order valence-electron chi connectivity index (χ2n) is 3.75. The molecule has 0 fully saturated rings. The van der Waals surface area contributed by atoms with Gasteiger partial charge in [0.1, 0.15) is 10.4 Å². The van der Waals surface area contributed by atoms with Gasteiger partial charge in [-0.05, 0) is 46.3 Å². The molecule has 1 amide bonds. The van der Waals surface area contributed by atoms with Crippen molar-refractivity contribution in [1.82, 2.24) is 4.98 Å². The minimum absolute atomic E-state index is 0.261. The topological polar surface area (TPSA) is 77.2 Å². The van der Waals surface area contributed by atoms with Crippen LogP contribution in [0.3, 0.4) is 0 Å². The van der Waals surface area contributed by atoms with Gasteiger partial charge in [-0.2, -0.15) is 0 Å². The van der Waals surface area contributed by atoms with Crippen molar-refractivity contribution in [2.75, 3.05) is 18.2 Å². The van der Waals surface area contributed by atoms with Crippen LogP contribution in [0.15, 0.2) is 41.1 Å². The molecule has 1 aromatic heterocycles. The highest BCUT2D eigenvalue weighted by Crippen LogP contribution is 2.23. The van der Waals surface area contributed by atoms with Crippen LogP contribution >= 0.6 is 15.9 Å². The van der Waals surface area contributed by atoms with Crippen molar-refractivity contribution >= 4 is 33.2 Å². The van der Waals surface area contributed by atoms with Crippen LogP contribution in [-0.4, -0.2) is 18.0 Å². The number of methoxy groups -OCH3 is 1. The monoisotopic (exact) mass is 321 g/mol. The third-order valence-electron chi connectivity index (χ3n) is 2.50. The van der Waals surface area contributed by atoms with Crippen LogP contribution in [0.25, 0.3) is 0 Å². The first-order chi connectivity index (χ1) is 9.11. The van der Waals surface area contributed by atoms with Crippen LogP contribution in [0.2, 0.25) is 0 Å². The van der Waals surface area contributed by atoms with Gasteiger partial charge >= 0.3 is 0 Å². The lowest BCUT2D eigenvalue weighted by Crippen LogP contribution is -2.13. The summed E-state index contributed by atoms with van der Waals surface area (Å²) in [6.45, 7) is 0. The standard InChI is InChI=1S/C13H12BrN3O2/c1-19-11-5-4-8(7-9(11)15)13(18)17-10-3-2-6-16-12(10)14/h2-7H,15H2,1H3,(H,17,18). The van der Waals surface area contributed by atoms with Crippen molar-refractivity contribution in [2.45, 2.75) is 0 Å². The summed E-state index contributed by atoms with van der Waals surface area (Å²) in [5.74, 6) is 0.280. The molecule has 0 saturated carbocycles. The number of rotatable bonds is 3. The van der Waals surface area contributed by atoms with Crippen LogP contribution < -0.4 is 15.8 Å². The fraction of sp³-hybridized carbons (Fsp3) is 0.0769. The molecule has 0 bridgehead atoms. The lowest BCUT2D eigenvalue weighted by molar-refractivity contribution is 0.102. The van der Waals surface area contributed by atoms with Crippen molar-refractivity contribution in [2.24, 2.45) is 0 Å². The largest absolute Gasteiger partial charge is 0.495 e. The summed E-state index contributed by atoms with van der Waals surface area (Å²) in [5.41, 5.74) is 7.24. The van der Waals surface area contributed by atoms with Crippen molar-refractivity contribution < 1.29 is 9.53 Å². The third-order valence-corrected chi connectivity index (χ3v) is 3.13. The highest BCUT2D eigenvalue weighted by atomic mass is 79.9. The second-order valence-corrected chi connectivity index (χ2v) is 4.50. The number of carbonyl (C=O) groups excluding carboxylic acids is 1. The number of halogens is 1. The number of pyridine rings is 1. The molecule has 3 N–H and O–H groups in total. The average molecular weight is 322 g/mol. The van der Waals surface area contributed by atoms with Gasteiger partial charge in [-0.1, -0.05) is 0 Å². The SMILES string of the molecule is COc1ccc(C(=O)Nc2cccnc2Br)cc1N. The number of anilines is 2. The molecule has 5 nitrogen and oxygen atoms in total. The van der Waals surface area contributed by atoms with Crippen LogP contribution in [0, 0.1) is 0 Å². The first kappa shape index (κ1) is 13.4. The van der Waals surface area contributed by atoms with E-state index in [9.17, 15) is 4.79 Å². The molecular formula is C13H12BrN3O2. The number of benzene rings is 1. The van der Waals surface area contributed by atoms with Gasteiger partial charge in [0.15, 0.2) is 0 Å². The summed E-state index contributed by atoms with van der Waals surface area (Å²) in [6, 6.07) is 8.36. The molecule has 98 valence electrons. The predicted molar refractivity (Wildman–Crippen MR) is 77.3 cm³/mol. The zero-order chi connectivity index (χ0) is 13.8. The Labute approximate surface area is 118 Å². The number of nitrogens with one attached hydrogen (secondary N) is 1. The van der Waals surface area contributed by atoms with Crippen LogP contribution in [0.1, 0.15) is 10.4 Å². The average Bonchev–Trinajstić information content (AvgIpc) is 2.41. The second kappa shape index (κ2) is 5.71. The first-order valence-electron chi connectivity index (χ1n) is 5.47. The van der Waals surface area contributed by atoms with Gasteiger partial charge in [0.2, 0.25) is 0 Å². The van der Waals surface area contributed by atoms with E-state index in [1.165, 1.54) is 7.11 Å². The van der Waals surface area contributed by atoms with E-state index in [4.69, 9.17) is 10.5 Å². The summed E-state index contributed by atoms with van der Waals surface area (Å²) in [6.07, 6.45) is 1.63. The molecule has 0 saturated heterocycles.